The molecule has 4 unspecified atom stereocenters. The molecule has 0 heterocycles. The predicted molar refractivity (Wildman–Crippen MR) is 66.9 cm³/mol. The minimum atomic E-state index is -0.346. The minimum absolute atomic E-state index is 0.0217. The van der Waals surface area contributed by atoms with Gasteiger partial charge in [-0.15, -0.1) is 0 Å². The molecule has 3 heteroatoms. The van der Waals surface area contributed by atoms with Crippen LogP contribution in [-0.4, -0.2) is 18.5 Å². The maximum absolute atomic E-state index is 11.8. The Bertz CT molecular complexity index is 230. The molecule has 1 amide bonds. The fourth-order valence-corrected chi connectivity index (χ4v) is 2.39. The SMILES string of the molecule is CCC(C)C(N)C(=O)NCC1CCCC1C. The Morgan fingerprint density at radius 2 is 2.19 bits per heavy atom. The molecule has 3 nitrogen and oxygen atoms in total. The molecule has 0 aromatic heterocycles. The zero-order valence-corrected chi connectivity index (χ0v) is 10.8. The molecule has 16 heavy (non-hydrogen) atoms. The first kappa shape index (κ1) is 13.5. The molecule has 0 saturated heterocycles. The van der Waals surface area contributed by atoms with Crippen molar-refractivity contribution in [2.45, 2.75) is 52.5 Å². The van der Waals surface area contributed by atoms with Gasteiger partial charge in [0.25, 0.3) is 0 Å². The summed E-state index contributed by atoms with van der Waals surface area (Å²) in [6, 6.07) is -0.346. The van der Waals surface area contributed by atoms with Gasteiger partial charge in [-0.2, -0.15) is 0 Å². The van der Waals surface area contributed by atoms with Gasteiger partial charge in [-0.1, -0.05) is 40.0 Å². The molecule has 0 bridgehead atoms. The number of amides is 1. The number of hydrogen-bond acceptors (Lipinski definition) is 2. The number of carbonyl (C=O) groups excluding carboxylic acids is 1. The van der Waals surface area contributed by atoms with E-state index >= 15 is 0 Å². The van der Waals surface area contributed by atoms with Gasteiger partial charge in [0, 0.05) is 6.54 Å². The molecule has 3 N–H and O–H groups in total. The Balaban J connectivity index is 2.29. The first-order valence-corrected chi connectivity index (χ1v) is 6.59. The largest absolute Gasteiger partial charge is 0.354 e. The van der Waals surface area contributed by atoms with Crippen molar-refractivity contribution in [3.63, 3.8) is 0 Å². The third-order valence-electron chi connectivity index (χ3n) is 4.14. The number of nitrogens with two attached hydrogens (primary N) is 1. The third kappa shape index (κ3) is 3.48. The lowest BCUT2D eigenvalue weighted by atomic mass is 9.96. The summed E-state index contributed by atoms with van der Waals surface area (Å²) in [5.41, 5.74) is 5.88. The Labute approximate surface area is 99.2 Å². The topological polar surface area (TPSA) is 55.1 Å². The molecule has 1 rings (SSSR count). The van der Waals surface area contributed by atoms with Gasteiger partial charge in [-0.05, 0) is 24.2 Å². The molecule has 0 aromatic carbocycles. The summed E-state index contributed by atoms with van der Waals surface area (Å²) in [7, 11) is 0. The van der Waals surface area contributed by atoms with E-state index in [9.17, 15) is 4.79 Å². The summed E-state index contributed by atoms with van der Waals surface area (Å²) < 4.78 is 0. The lowest BCUT2D eigenvalue weighted by Crippen LogP contribution is -2.46. The molecule has 0 spiro atoms. The summed E-state index contributed by atoms with van der Waals surface area (Å²) >= 11 is 0. The van der Waals surface area contributed by atoms with Crippen LogP contribution < -0.4 is 11.1 Å². The van der Waals surface area contributed by atoms with Crippen LogP contribution in [0.15, 0.2) is 0 Å². The van der Waals surface area contributed by atoms with E-state index in [0.717, 1.165) is 18.9 Å². The highest BCUT2D eigenvalue weighted by Gasteiger charge is 2.25. The quantitative estimate of drug-likeness (QED) is 0.752. The normalized spacial score (nSPS) is 28.8. The van der Waals surface area contributed by atoms with E-state index in [1.165, 1.54) is 19.3 Å². The van der Waals surface area contributed by atoms with Crippen molar-refractivity contribution in [1.82, 2.24) is 5.32 Å². The van der Waals surface area contributed by atoms with Gasteiger partial charge in [-0.3, -0.25) is 4.79 Å². The van der Waals surface area contributed by atoms with Gasteiger partial charge in [0.15, 0.2) is 0 Å². The summed E-state index contributed by atoms with van der Waals surface area (Å²) in [5.74, 6) is 1.70. The molecule has 4 atom stereocenters. The summed E-state index contributed by atoms with van der Waals surface area (Å²) in [6.07, 6.45) is 4.81. The average molecular weight is 226 g/mol. The Kier molecular flexibility index (Phi) is 5.26. The molecule has 1 fully saturated rings. The second-order valence-corrected chi connectivity index (χ2v) is 5.32. The fourth-order valence-electron chi connectivity index (χ4n) is 2.39. The molecule has 0 aromatic rings. The summed E-state index contributed by atoms with van der Waals surface area (Å²) in [6.45, 7) is 7.18. The molecular formula is C13H26N2O. The van der Waals surface area contributed by atoms with E-state index in [0.29, 0.717) is 5.92 Å². The van der Waals surface area contributed by atoms with Crippen LogP contribution in [0.5, 0.6) is 0 Å². The van der Waals surface area contributed by atoms with E-state index in [2.05, 4.69) is 19.2 Å². The molecule has 1 aliphatic carbocycles. The number of carbonyl (C=O) groups is 1. The van der Waals surface area contributed by atoms with Gasteiger partial charge in [-0.25, -0.2) is 0 Å². The number of rotatable bonds is 5. The molecule has 94 valence electrons. The summed E-state index contributed by atoms with van der Waals surface area (Å²) in [5, 5.41) is 3.01. The Morgan fingerprint density at radius 3 is 2.69 bits per heavy atom. The first-order valence-electron chi connectivity index (χ1n) is 6.59. The highest BCUT2D eigenvalue weighted by atomic mass is 16.2. The van der Waals surface area contributed by atoms with E-state index < -0.39 is 0 Å². The van der Waals surface area contributed by atoms with E-state index in [1.807, 2.05) is 6.92 Å². The monoisotopic (exact) mass is 226 g/mol. The highest BCUT2D eigenvalue weighted by Crippen LogP contribution is 2.30. The van der Waals surface area contributed by atoms with Crippen LogP contribution in [0.25, 0.3) is 0 Å². The molecule has 1 aliphatic rings. The van der Waals surface area contributed by atoms with Gasteiger partial charge < -0.3 is 11.1 Å². The van der Waals surface area contributed by atoms with Crippen LogP contribution >= 0.6 is 0 Å². The second-order valence-electron chi connectivity index (χ2n) is 5.32. The molecule has 0 radical (unpaired) electrons. The van der Waals surface area contributed by atoms with Crippen LogP contribution in [0.3, 0.4) is 0 Å². The lowest BCUT2D eigenvalue weighted by Gasteiger charge is -2.20. The van der Waals surface area contributed by atoms with Crippen LogP contribution in [0, 0.1) is 17.8 Å². The van der Waals surface area contributed by atoms with Gasteiger partial charge in [0.2, 0.25) is 5.91 Å². The van der Waals surface area contributed by atoms with Gasteiger partial charge in [0.05, 0.1) is 6.04 Å². The average Bonchev–Trinajstić information content (AvgIpc) is 2.69. The van der Waals surface area contributed by atoms with Crippen LogP contribution in [0.2, 0.25) is 0 Å². The molecular weight excluding hydrogens is 200 g/mol. The van der Waals surface area contributed by atoms with Crippen molar-refractivity contribution < 1.29 is 4.79 Å². The lowest BCUT2D eigenvalue weighted by molar-refractivity contribution is -0.123. The Hall–Kier alpha value is -0.570. The fraction of sp³-hybridized carbons (Fsp3) is 0.923. The minimum Gasteiger partial charge on any atom is -0.354 e. The second kappa shape index (κ2) is 6.24. The summed E-state index contributed by atoms with van der Waals surface area (Å²) in [4.78, 5) is 11.8. The standard InChI is InChI=1S/C13H26N2O/c1-4-9(2)12(14)13(16)15-8-11-7-5-6-10(11)3/h9-12H,4-8,14H2,1-3H3,(H,15,16). The number of nitrogens with one attached hydrogen (secondary N) is 1. The van der Waals surface area contributed by atoms with Crippen molar-refractivity contribution in [3.05, 3.63) is 0 Å². The zero-order chi connectivity index (χ0) is 12.1. The van der Waals surface area contributed by atoms with E-state index in [4.69, 9.17) is 5.73 Å². The van der Waals surface area contributed by atoms with Crippen molar-refractivity contribution in [2.24, 2.45) is 23.5 Å². The van der Waals surface area contributed by atoms with Crippen LogP contribution in [0.1, 0.15) is 46.5 Å². The Morgan fingerprint density at radius 1 is 1.50 bits per heavy atom. The maximum Gasteiger partial charge on any atom is 0.237 e. The smallest absolute Gasteiger partial charge is 0.237 e. The van der Waals surface area contributed by atoms with Crippen molar-refractivity contribution in [3.8, 4) is 0 Å². The predicted octanol–water partition coefficient (Wildman–Crippen LogP) is 1.91. The van der Waals surface area contributed by atoms with Gasteiger partial charge in [0.1, 0.15) is 0 Å². The highest BCUT2D eigenvalue weighted by molar-refractivity contribution is 5.81. The molecule has 1 saturated carbocycles. The van der Waals surface area contributed by atoms with E-state index in [1.54, 1.807) is 0 Å². The van der Waals surface area contributed by atoms with Gasteiger partial charge >= 0.3 is 0 Å². The van der Waals surface area contributed by atoms with Crippen LogP contribution in [-0.2, 0) is 4.79 Å². The van der Waals surface area contributed by atoms with Crippen molar-refractivity contribution in [1.29, 1.82) is 0 Å². The van der Waals surface area contributed by atoms with E-state index in [-0.39, 0.29) is 17.9 Å². The zero-order valence-electron chi connectivity index (χ0n) is 10.8. The van der Waals surface area contributed by atoms with Crippen molar-refractivity contribution >= 4 is 5.91 Å². The van der Waals surface area contributed by atoms with Crippen molar-refractivity contribution in [2.75, 3.05) is 6.54 Å². The number of hydrogen-bond donors (Lipinski definition) is 2. The maximum atomic E-state index is 11.8. The molecule has 0 aliphatic heterocycles. The first-order chi connectivity index (χ1) is 7.56. The van der Waals surface area contributed by atoms with Crippen LogP contribution in [0.4, 0.5) is 0 Å². The third-order valence-corrected chi connectivity index (χ3v) is 4.14.